The highest BCUT2D eigenvalue weighted by molar-refractivity contribution is 9.10. The molecule has 0 fully saturated rings. The van der Waals surface area contributed by atoms with Crippen molar-refractivity contribution in [3.05, 3.63) is 50.4 Å². The summed E-state index contributed by atoms with van der Waals surface area (Å²) < 4.78 is 0.934. The maximum atomic E-state index is 10.1. The zero-order valence-corrected chi connectivity index (χ0v) is 10.5. The van der Waals surface area contributed by atoms with Crippen LogP contribution < -0.4 is 0 Å². The Bertz CT molecular complexity index is 469. The molecule has 0 aliphatic carbocycles. The zero-order valence-electron chi connectivity index (χ0n) is 8.14. The Hall–Kier alpha value is -0.710. The van der Waals surface area contributed by atoms with E-state index in [2.05, 4.69) is 20.9 Å². The monoisotopic (exact) mass is 283 g/mol. The fourth-order valence-corrected chi connectivity index (χ4v) is 2.93. The third-order valence-electron chi connectivity index (χ3n) is 2.11. The smallest absolute Gasteiger partial charge is 0.131 e. The Morgan fingerprint density at radius 1 is 1.47 bits per heavy atom. The average molecular weight is 284 g/mol. The van der Waals surface area contributed by atoms with E-state index < -0.39 is 6.10 Å². The molecule has 78 valence electrons. The molecule has 0 amide bonds. The number of aromatic nitrogens is 1. The van der Waals surface area contributed by atoms with Crippen LogP contribution in [0.25, 0.3) is 0 Å². The van der Waals surface area contributed by atoms with Gasteiger partial charge in [0.05, 0.1) is 10.6 Å². The van der Waals surface area contributed by atoms with Gasteiger partial charge in [0.2, 0.25) is 0 Å². The molecule has 4 heteroatoms. The molecular weight excluding hydrogens is 274 g/mol. The van der Waals surface area contributed by atoms with Gasteiger partial charge in [0.1, 0.15) is 6.10 Å². The molecule has 1 N–H and O–H groups in total. The summed E-state index contributed by atoms with van der Waals surface area (Å²) in [6, 6.07) is 5.75. The lowest BCUT2D eigenvalue weighted by molar-refractivity contribution is 0.218. The zero-order chi connectivity index (χ0) is 10.8. The van der Waals surface area contributed by atoms with Crippen LogP contribution in [0, 0.1) is 6.92 Å². The minimum atomic E-state index is -0.640. The van der Waals surface area contributed by atoms with Crippen LogP contribution in [-0.4, -0.2) is 10.1 Å². The highest BCUT2D eigenvalue weighted by Gasteiger charge is 2.16. The maximum Gasteiger partial charge on any atom is 0.131 e. The van der Waals surface area contributed by atoms with Crippen LogP contribution in [0.3, 0.4) is 0 Å². The van der Waals surface area contributed by atoms with Crippen molar-refractivity contribution in [2.75, 3.05) is 0 Å². The van der Waals surface area contributed by atoms with Crippen molar-refractivity contribution >= 4 is 27.3 Å². The molecule has 2 aromatic rings. The summed E-state index contributed by atoms with van der Waals surface area (Å²) in [7, 11) is 0. The van der Waals surface area contributed by atoms with Crippen LogP contribution >= 0.6 is 27.3 Å². The van der Waals surface area contributed by atoms with Crippen molar-refractivity contribution in [3.8, 4) is 0 Å². The van der Waals surface area contributed by atoms with Gasteiger partial charge in [-0.15, -0.1) is 11.3 Å². The van der Waals surface area contributed by atoms with Gasteiger partial charge in [0.25, 0.3) is 0 Å². The van der Waals surface area contributed by atoms with Crippen molar-refractivity contribution in [2.45, 2.75) is 13.0 Å². The lowest BCUT2D eigenvalue weighted by Gasteiger charge is -2.09. The summed E-state index contributed by atoms with van der Waals surface area (Å²) in [5, 5.41) is 12.0. The van der Waals surface area contributed by atoms with Crippen molar-refractivity contribution in [3.63, 3.8) is 0 Å². The number of pyridine rings is 1. The molecule has 0 saturated heterocycles. The average Bonchev–Trinajstić information content (AvgIpc) is 2.63. The van der Waals surface area contributed by atoms with E-state index in [-0.39, 0.29) is 0 Å². The van der Waals surface area contributed by atoms with Crippen LogP contribution in [0.1, 0.15) is 22.2 Å². The van der Waals surface area contributed by atoms with Crippen LogP contribution in [0.15, 0.2) is 34.2 Å². The molecular formula is C11H10BrNOS. The van der Waals surface area contributed by atoms with Gasteiger partial charge in [-0.05, 0) is 52.0 Å². The highest BCUT2D eigenvalue weighted by Crippen LogP contribution is 2.32. The highest BCUT2D eigenvalue weighted by atomic mass is 79.9. The molecule has 0 aliphatic heterocycles. The molecule has 0 bridgehead atoms. The molecule has 2 nitrogen and oxygen atoms in total. The first-order chi connectivity index (χ1) is 7.18. The van der Waals surface area contributed by atoms with Crippen molar-refractivity contribution in [1.82, 2.24) is 4.98 Å². The largest absolute Gasteiger partial charge is 0.381 e. The second kappa shape index (κ2) is 4.43. The Morgan fingerprint density at radius 3 is 2.87 bits per heavy atom. The topological polar surface area (TPSA) is 33.1 Å². The first kappa shape index (κ1) is 10.8. The van der Waals surface area contributed by atoms with Crippen molar-refractivity contribution in [2.24, 2.45) is 0 Å². The minimum Gasteiger partial charge on any atom is -0.381 e. The Morgan fingerprint density at radius 2 is 2.27 bits per heavy atom. The van der Waals surface area contributed by atoms with Gasteiger partial charge in [-0.3, -0.25) is 4.98 Å². The third-order valence-corrected chi connectivity index (χ3v) is 4.03. The number of rotatable bonds is 2. The number of hydrogen-bond donors (Lipinski definition) is 1. The van der Waals surface area contributed by atoms with Gasteiger partial charge >= 0.3 is 0 Å². The second-order valence-electron chi connectivity index (χ2n) is 3.29. The van der Waals surface area contributed by atoms with Crippen LogP contribution in [-0.2, 0) is 0 Å². The summed E-state index contributed by atoms with van der Waals surface area (Å²) in [4.78, 5) is 5.07. The van der Waals surface area contributed by atoms with Crippen LogP contribution in [0.5, 0.6) is 0 Å². The minimum absolute atomic E-state index is 0.640. The Balaban J connectivity index is 2.36. The predicted octanol–water partition coefficient (Wildman–Crippen LogP) is 3.30. The van der Waals surface area contributed by atoms with E-state index >= 15 is 0 Å². The number of nitrogens with zero attached hydrogens (tertiary/aromatic N) is 1. The number of aryl methyl sites for hydroxylation is 1. The number of thiophene rings is 1. The van der Waals surface area contributed by atoms with Gasteiger partial charge in [-0.25, -0.2) is 0 Å². The molecule has 2 heterocycles. The van der Waals surface area contributed by atoms with E-state index in [0.717, 1.165) is 14.9 Å². The van der Waals surface area contributed by atoms with Crippen LogP contribution in [0.2, 0.25) is 0 Å². The molecule has 0 saturated carbocycles. The summed E-state index contributed by atoms with van der Waals surface area (Å²) in [6.07, 6.45) is 1.08. The van der Waals surface area contributed by atoms with Crippen molar-refractivity contribution < 1.29 is 5.11 Å². The Kier molecular flexibility index (Phi) is 3.19. The van der Waals surface area contributed by atoms with Gasteiger partial charge in [-0.2, -0.15) is 0 Å². The van der Waals surface area contributed by atoms with E-state index in [0.29, 0.717) is 5.69 Å². The SMILES string of the molecule is Cc1ccnc(C(O)c2sccc2Br)c1. The Labute approximate surface area is 101 Å². The maximum absolute atomic E-state index is 10.1. The molecule has 2 aromatic heterocycles. The summed E-state index contributed by atoms with van der Waals surface area (Å²) in [5.74, 6) is 0. The second-order valence-corrected chi connectivity index (χ2v) is 5.10. The predicted molar refractivity (Wildman–Crippen MR) is 65.1 cm³/mol. The van der Waals surface area contributed by atoms with Gasteiger partial charge in [-0.1, -0.05) is 0 Å². The summed E-state index contributed by atoms with van der Waals surface area (Å²) >= 11 is 4.93. The van der Waals surface area contributed by atoms with Gasteiger partial charge in [0.15, 0.2) is 0 Å². The van der Waals surface area contributed by atoms with E-state index in [1.165, 1.54) is 11.3 Å². The third kappa shape index (κ3) is 2.27. The number of hydrogen-bond acceptors (Lipinski definition) is 3. The first-order valence-electron chi connectivity index (χ1n) is 4.52. The fraction of sp³-hybridized carbons (Fsp3) is 0.182. The quantitative estimate of drug-likeness (QED) is 0.918. The molecule has 1 atom stereocenters. The van der Waals surface area contributed by atoms with E-state index in [9.17, 15) is 5.11 Å². The van der Waals surface area contributed by atoms with Gasteiger partial charge < -0.3 is 5.11 Å². The number of halogens is 1. The lowest BCUT2D eigenvalue weighted by atomic mass is 10.1. The molecule has 0 radical (unpaired) electrons. The van der Waals surface area contributed by atoms with Crippen LogP contribution in [0.4, 0.5) is 0 Å². The van der Waals surface area contributed by atoms with Gasteiger partial charge in [0, 0.05) is 10.7 Å². The standard InChI is InChI=1S/C11H10BrNOS/c1-7-2-4-13-9(6-7)10(14)11-8(12)3-5-15-11/h2-6,10,14H,1H3. The van der Waals surface area contributed by atoms with E-state index in [4.69, 9.17) is 0 Å². The van der Waals surface area contributed by atoms with E-state index in [1.54, 1.807) is 6.20 Å². The molecule has 0 spiro atoms. The molecule has 2 rings (SSSR count). The summed E-state index contributed by atoms with van der Waals surface area (Å²) in [5.41, 5.74) is 1.80. The lowest BCUT2D eigenvalue weighted by Crippen LogP contribution is -2.00. The van der Waals surface area contributed by atoms with Crippen molar-refractivity contribution in [1.29, 1.82) is 0 Å². The molecule has 1 unspecified atom stereocenters. The summed E-state index contributed by atoms with van der Waals surface area (Å²) in [6.45, 7) is 1.99. The fourth-order valence-electron chi connectivity index (χ4n) is 1.34. The normalized spacial score (nSPS) is 12.7. The first-order valence-corrected chi connectivity index (χ1v) is 6.19. The molecule has 0 aliphatic rings. The number of aliphatic hydroxyl groups excluding tert-OH is 1. The molecule has 0 aromatic carbocycles. The number of aliphatic hydroxyl groups is 1. The van der Waals surface area contributed by atoms with E-state index in [1.807, 2.05) is 30.5 Å². The molecule has 15 heavy (non-hydrogen) atoms.